The van der Waals surface area contributed by atoms with Crippen LogP contribution in [0.5, 0.6) is 0 Å². The van der Waals surface area contributed by atoms with Crippen LogP contribution >= 0.6 is 0 Å². The van der Waals surface area contributed by atoms with Crippen LogP contribution in [-0.4, -0.2) is 24.5 Å². The van der Waals surface area contributed by atoms with E-state index in [1.807, 2.05) is 11.9 Å². The minimum Gasteiger partial charge on any atom is -0.326 e. The summed E-state index contributed by atoms with van der Waals surface area (Å²) in [5.41, 5.74) is 6.25. The summed E-state index contributed by atoms with van der Waals surface area (Å²) in [5, 5.41) is 0. The fourth-order valence-corrected chi connectivity index (χ4v) is 2.19. The Morgan fingerprint density at radius 2 is 2.13 bits per heavy atom. The van der Waals surface area contributed by atoms with E-state index in [1.165, 1.54) is 6.07 Å². The Labute approximate surface area is 87.7 Å². The van der Waals surface area contributed by atoms with E-state index in [0.29, 0.717) is 5.56 Å². The lowest BCUT2D eigenvalue weighted by Gasteiger charge is -2.23. The van der Waals surface area contributed by atoms with Crippen molar-refractivity contribution in [2.45, 2.75) is 18.5 Å². The van der Waals surface area contributed by atoms with Gasteiger partial charge in [-0.25, -0.2) is 8.78 Å². The third-order valence-corrected chi connectivity index (χ3v) is 3.00. The van der Waals surface area contributed by atoms with Crippen LogP contribution in [0.2, 0.25) is 0 Å². The Morgan fingerprint density at radius 3 is 2.73 bits per heavy atom. The second kappa shape index (κ2) is 3.87. The first kappa shape index (κ1) is 10.5. The van der Waals surface area contributed by atoms with Crippen LogP contribution in [0, 0.1) is 11.6 Å². The van der Waals surface area contributed by atoms with Crippen LogP contribution in [0.3, 0.4) is 0 Å². The highest BCUT2D eigenvalue weighted by Gasteiger charge is 2.32. The van der Waals surface area contributed by atoms with E-state index < -0.39 is 11.6 Å². The van der Waals surface area contributed by atoms with E-state index >= 15 is 0 Å². The zero-order valence-electron chi connectivity index (χ0n) is 8.58. The highest BCUT2D eigenvalue weighted by atomic mass is 19.2. The molecule has 1 saturated heterocycles. The molecule has 1 heterocycles. The average Bonchev–Trinajstić information content (AvgIpc) is 2.52. The molecule has 0 radical (unpaired) electrons. The van der Waals surface area contributed by atoms with Crippen molar-refractivity contribution in [2.75, 3.05) is 13.6 Å². The van der Waals surface area contributed by atoms with Crippen LogP contribution in [0.25, 0.3) is 0 Å². The van der Waals surface area contributed by atoms with Gasteiger partial charge in [-0.15, -0.1) is 0 Å². The third-order valence-electron chi connectivity index (χ3n) is 3.00. The van der Waals surface area contributed by atoms with Crippen molar-refractivity contribution in [1.82, 2.24) is 4.90 Å². The topological polar surface area (TPSA) is 29.3 Å². The summed E-state index contributed by atoms with van der Waals surface area (Å²) in [6.07, 6.45) is 0.817. The zero-order valence-corrected chi connectivity index (χ0v) is 8.58. The predicted octanol–water partition coefficient (Wildman–Crippen LogP) is 1.67. The normalized spacial score (nSPS) is 27.2. The predicted molar refractivity (Wildman–Crippen MR) is 54.3 cm³/mol. The van der Waals surface area contributed by atoms with Gasteiger partial charge in [0.05, 0.1) is 6.04 Å². The van der Waals surface area contributed by atoms with E-state index in [-0.39, 0.29) is 12.1 Å². The molecule has 0 aromatic heterocycles. The molecule has 0 aliphatic carbocycles. The highest BCUT2D eigenvalue weighted by molar-refractivity contribution is 5.25. The minimum atomic E-state index is -0.806. The van der Waals surface area contributed by atoms with Crippen molar-refractivity contribution in [2.24, 2.45) is 5.73 Å². The molecule has 1 aliphatic rings. The van der Waals surface area contributed by atoms with Crippen LogP contribution in [0.4, 0.5) is 8.78 Å². The fourth-order valence-electron chi connectivity index (χ4n) is 2.19. The second-order valence-electron chi connectivity index (χ2n) is 4.02. The van der Waals surface area contributed by atoms with E-state index in [2.05, 4.69) is 0 Å². The van der Waals surface area contributed by atoms with E-state index in [4.69, 9.17) is 5.73 Å². The first-order chi connectivity index (χ1) is 7.11. The van der Waals surface area contributed by atoms with Gasteiger partial charge in [-0.2, -0.15) is 0 Å². The fraction of sp³-hybridized carbons (Fsp3) is 0.455. The number of likely N-dealkylation sites (tertiary alicyclic amines) is 1. The lowest BCUT2D eigenvalue weighted by atomic mass is 10.0. The first-order valence-corrected chi connectivity index (χ1v) is 5.01. The van der Waals surface area contributed by atoms with Crippen LogP contribution in [0.1, 0.15) is 18.0 Å². The first-order valence-electron chi connectivity index (χ1n) is 5.01. The minimum absolute atomic E-state index is 0.119. The van der Waals surface area contributed by atoms with Crippen LogP contribution in [-0.2, 0) is 0 Å². The Morgan fingerprint density at radius 1 is 1.40 bits per heavy atom. The average molecular weight is 212 g/mol. The standard InChI is InChI=1S/C11H14F2N2/c1-15-6-5-9(14)11(15)7-3-2-4-8(12)10(7)13/h2-4,9,11H,5-6,14H2,1H3. The van der Waals surface area contributed by atoms with Crippen molar-refractivity contribution in [3.05, 3.63) is 35.4 Å². The third kappa shape index (κ3) is 1.75. The summed E-state index contributed by atoms with van der Waals surface area (Å²) in [6, 6.07) is 3.92. The number of nitrogens with zero attached hydrogens (tertiary/aromatic N) is 1. The van der Waals surface area contributed by atoms with Gasteiger partial charge >= 0.3 is 0 Å². The lowest BCUT2D eigenvalue weighted by molar-refractivity contribution is 0.293. The number of halogens is 2. The maximum atomic E-state index is 13.5. The Bertz CT molecular complexity index is 358. The summed E-state index contributed by atoms with van der Waals surface area (Å²) in [7, 11) is 1.88. The zero-order chi connectivity index (χ0) is 11.0. The van der Waals surface area contributed by atoms with Crippen molar-refractivity contribution in [3.8, 4) is 0 Å². The van der Waals surface area contributed by atoms with Gasteiger partial charge in [0.15, 0.2) is 11.6 Å². The molecule has 0 saturated carbocycles. The van der Waals surface area contributed by atoms with Crippen molar-refractivity contribution in [1.29, 1.82) is 0 Å². The number of benzene rings is 1. The molecule has 4 heteroatoms. The molecule has 2 atom stereocenters. The molecule has 2 rings (SSSR count). The number of likely N-dealkylation sites (N-methyl/N-ethyl adjacent to an activating group) is 1. The highest BCUT2D eigenvalue weighted by Crippen LogP contribution is 2.31. The summed E-state index contributed by atoms with van der Waals surface area (Å²) in [6.45, 7) is 0.821. The monoisotopic (exact) mass is 212 g/mol. The summed E-state index contributed by atoms with van der Waals surface area (Å²) in [4.78, 5) is 1.96. The maximum Gasteiger partial charge on any atom is 0.163 e. The van der Waals surface area contributed by atoms with Gasteiger partial charge in [0.1, 0.15) is 0 Å². The molecule has 15 heavy (non-hydrogen) atoms. The van der Waals surface area contributed by atoms with Gasteiger partial charge in [-0.05, 0) is 19.5 Å². The van der Waals surface area contributed by atoms with Crippen molar-refractivity contribution >= 4 is 0 Å². The summed E-state index contributed by atoms with van der Waals surface area (Å²) < 4.78 is 26.6. The molecule has 2 N–H and O–H groups in total. The number of nitrogens with two attached hydrogens (primary N) is 1. The van der Waals surface area contributed by atoms with Crippen molar-refractivity contribution < 1.29 is 8.78 Å². The molecule has 82 valence electrons. The molecule has 2 nitrogen and oxygen atoms in total. The van der Waals surface area contributed by atoms with Crippen molar-refractivity contribution in [3.63, 3.8) is 0 Å². The summed E-state index contributed by atoms with van der Waals surface area (Å²) >= 11 is 0. The van der Waals surface area contributed by atoms with E-state index in [9.17, 15) is 8.78 Å². The molecule has 2 unspecified atom stereocenters. The number of rotatable bonds is 1. The number of hydrogen-bond donors (Lipinski definition) is 1. The Hall–Kier alpha value is -1.00. The van der Waals surface area contributed by atoms with Gasteiger partial charge in [-0.1, -0.05) is 12.1 Å². The Kier molecular flexibility index (Phi) is 2.71. The maximum absolute atomic E-state index is 13.5. The molecule has 1 aromatic rings. The van der Waals surface area contributed by atoms with E-state index in [1.54, 1.807) is 6.07 Å². The van der Waals surface area contributed by atoms with Gasteiger partial charge < -0.3 is 5.73 Å². The number of hydrogen-bond acceptors (Lipinski definition) is 2. The molecular weight excluding hydrogens is 198 g/mol. The summed E-state index contributed by atoms with van der Waals surface area (Å²) in [5.74, 6) is -1.58. The van der Waals surface area contributed by atoms with Gasteiger partial charge in [-0.3, -0.25) is 4.90 Å². The molecule has 1 aliphatic heterocycles. The largest absolute Gasteiger partial charge is 0.326 e. The molecule has 0 amide bonds. The smallest absolute Gasteiger partial charge is 0.163 e. The molecule has 0 spiro atoms. The van der Waals surface area contributed by atoms with Gasteiger partial charge in [0.2, 0.25) is 0 Å². The molecular formula is C11H14F2N2. The molecule has 1 aromatic carbocycles. The van der Waals surface area contributed by atoms with Crippen LogP contribution < -0.4 is 5.73 Å². The Balaban J connectivity index is 2.40. The van der Waals surface area contributed by atoms with Gasteiger partial charge in [0, 0.05) is 18.2 Å². The second-order valence-corrected chi connectivity index (χ2v) is 4.02. The SMILES string of the molecule is CN1CCC(N)C1c1cccc(F)c1F. The van der Waals surface area contributed by atoms with E-state index in [0.717, 1.165) is 19.0 Å². The quantitative estimate of drug-likeness (QED) is 0.767. The van der Waals surface area contributed by atoms with Gasteiger partial charge in [0.25, 0.3) is 0 Å². The lowest BCUT2D eigenvalue weighted by Crippen LogP contribution is -2.30. The van der Waals surface area contributed by atoms with Crippen LogP contribution in [0.15, 0.2) is 18.2 Å². The molecule has 1 fully saturated rings. The molecule has 0 bridgehead atoms.